The minimum atomic E-state index is 0.303. The first-order chi connectivity index (χ1) is 11.7. The molecule has 0 aliphatic rings. The lowest BCUT2D eigenvalue weighted by molar-refractivity contribution is 0.415. The first-order valence-corrected chi connectivity index (χ1v) is 8.05. The minimum Gasteiger partial charge on any atom is -0.497 e. The maximum Gasteiger partial charge on any atom is 0.119 e. The molecule has 0 amide bonds. The van der Waals surface area contributed by atoms with Crippen LogP contribution >= 0.6 is 0 Å². The highest BCUT2D eigenvalue weighted by Gasteiger charge is 2.10. The van der Waals surface area contributed by atoms with E-state index < -0.39 is 0 Å². The van der Waals surface area contributed by atoms with Gasteiger partial charge < -0.3 is 10.1 Å². The van der Waals surface area contributed by atoms with Crippen molar-refractivity contribution in [2.24, 2.45) is 0 Å². The summed E-state index contributed by atoms with van der Waals surface area (Å²) in [6.07, 6.45) is 5.80. The topological polar surface area (TPSA) is 67.8 Å². The number of nitrogens with zero attached hydrogens (tertiary/aromatic N) is 3. The van der Waals surface area contributed by atoms with Crippen molar-refractivity contribution in [3.8, 4) is 17.0 Å². The Kier molecular flexibility index (Phi) is 4.96. The molecule has 0 saturated heterocycles. The Balaban J connectivity index is 1.65. The number of methoxy groups -OCH3 is 1. The first kappa shape index (κ1) is 16.3. The lowest BCUT2D eigenvalue weighted by Gasteiger charge is -2.14. The van der Waals surface area contributed by atoms with Crippen molar-refractivity contribution < 1.29 is 4.74 Å². The number of hydrogen-bond donors (Lipinski definition) is 2. The number of rotatable bonds is 7. The summed E-state index contributed by atoms with van der Waals surface area (Å²) in [6, 6.07) is 8.28. The van der Waals surface area contributed by atoms with Gasteiger partial charge >= 0.3 is 0 Å². The van der Waals surface area contributed by atoms with E-state index in [0.29, 0.717) is 6.04 Å². The quantitative estimate of drug-likeness (QED) is 0.701. The van der Waals surface area contributed by atoms with Crippen LogP contribution in [0.1, 0.15) is 18.1 Å². The Morgan fingerprint density at radius 3 is 2.96 bits per heavy atom. The van der Waals surface area contributed by atoms with E-state index in [4.69, 9.17) is 4.74 Å². The molecule has 0 unspecified atom stereocenters. The van der Waals surface area contributed by atoms with Gasteiger partial charge in [0, 0.05) is 29.9 Å². The fraction of sp³-hybridized carbons (Fsp3) is 0.333. The summed E-state index contributed by atoms with van der Waals surface area (Å²) in [6.45, 7) is 5.78. The summed E-state index contributed by atoms with van der Waals surface area (Å²) in [7, 11) is 1.67. The van der Waals surface area contributed by atoms with Gasteiger partial charge in [0.2, 0.25) is 0 Å². The number of aryl methyl sites for hydroxylation is 1. The third kappa shape index (κ3) is 3.83. The summed E-state index contributed by atoms with van der Waals surface area (Å²) in [4.78, 5) is 0. The van der Waals surface area contributed by atoms with E-state index in [1.165, 1.54) is 5.56 Å². The van der Waals surface area contributed by atoms with Crippen molar-refractivity contribution in [1.29, 1.82) is 0 Å². The number of benzene rings is 1. The van der Waals surface area contributed by atoms with E-state index in [0.717, 1.165) is 35.7 Å². The number of hydrogen-bond acceptors (Lipinski definition) is 4. The van der Waals surface area contributed by atoms with Gasteiger partial charge in [0.1, 0.15) is 5.75 Å². The monoisotopic (exact) mass is 325 g/mol. The highest BCUT2D eigenvalue weighted by molar-refractivity contribution is 5.64. The van der Waals surface area contributed by atoms with Crippen LogP contribution in [0.3, 0.4) is 0 Å². The average molecular weight is 325 g/mol. The van der Waals surface area contributed by atoms with Gasteiger partial charge in [0.25, 0.3) is 0 Å². The zero-order valence-corrected chi connectivity index (χ0v) is 14.3. The van der Waals surface area contributed by atoms with Gasteiger partial charge in [0.05, 0.1) is 31.7 Å². The molecule has 6 heteroatoms. The van der Waals surface area contributed by atoms with Gasteiger partial charge in [-0.3, -0.25) is 9.78 Å². The molecule has 126 valence electrons. The Morgan fingerprint density at radius 2 is 2.21 bits per heavy atom. The Bertz CT molecular complexity index is 792. The Labute approximate surface area is 141 Å². The van der Waals surface area contributed by atoms with Crippen molar-refractivity contribution in [3.05, 3.63) is 54.0 Å². The first-order valence-electron chi connectivity index (χ1n) is 8.05. The van der Waals surface area contributed by atoms with Crippen molar-refractivity contribution in [3.63, 3.8) is 0 Å². The number of aromatic amines is 1. The maximum atomic E-state index is 5.30. The molecule has 0 saturated carbocycles. The normalized spacial score (nSPS) is 12.3. The smallest absolute Gasteiger partial charge is 0.119 e. The van der Waals surface area contributed by atoms with E-state index in [1.807, 2.05) is 42.2 Å². The van der Waals surface area contributed by atoms with Crippen LogP contribution in [0.25, 0.3) is 11.3 Å². The van der Waals surface area contributed by atoms with E-state index in [-0.39, 0.29) is 0 Å². The molecule has 0 aliphatic heterocycles. The van der Waals surface area contributed by atoms with Crippen LogP contribution in [0.15, 0.2) is 42.9 Å². The van der Waals surface area contributed by atoms with Crippen LogP contribution in [-0.2, 0) is 13.1 Å². The molecule has 24 heavy (non-hydrogen) atoms. The van der Waals surface area contributed by atoms with Crippen LogP contribution in [0.2, 0.25) is 0 Å². The number of aromatic nitrogens is 4. The molecule has 1 atom stereocenters. The maximum absolute atomic E-state index is 5.30. The number of ether oxygens (including phenoxy) is 1. The van der Waals surface area contributed by atoms with Gasteiger partial charge in [0.15, 0.2) is 0 Å². The van der Waals surface area contributed by atoms with Gasteiger partial charge in [-0.25, -0.2) is 0 Å². The van der Waals surface area contributed by atoms with E-state index >= 15 is 0 Å². The highest BCUT2D eigenvalue weighted by Crippen LogP contribution is 2.24. The van der Waals surface area contributed by atoms with E-state index in [1.54, 1.807) is 7.11 Å². The lowest BCUT2D eigenvalue weighted by Crippen LogP contribution is -2.30. The zero-order chi connectivity index (χ0) is 16.9. The molecule has 1 aromatic carbocycles. The molecule has 2 N–H and O–H groups in total. The molecular formula is C18H23N5O. The molecule has 2 heterocycles. The predicted molar refractivity (Wildman–Crippen MR) is 93.8 cm³/mol. The second-order valence-corrected chi connectivity index (χ2v) is 6.02. The van der Waals surface area contributed by atoms with Gasteiger partial charge in [-0.1, -0.05) is 12.1 Å². The van der Waals surface area contributed by atoms with Crippen LogP contribution in [0.4, 0.5) is 0 Å². The van der Waals surface area contributed by atoms with Crippen LogP contribution < -0.4 is 10.1 Å². The molecule has 3 aromatic rings. The van der Waals surface area contributed by atoms with Gasteiger partial charge in [-0.2, -0.15) is 10.2 Å². The van der Waals surface area contributed by atoms with Crippen molar-refractivity contribution in [2.75, 3.05) is 7.11 Å². The fourth-order valence-corrected chi connectivity index (χ4v) is 2.67. The second-order valence-electron chi connectivity index (χ2n) is 6.02. The van der Waals surface area contributed by atoms with Crippen molar-refractivity contribution in [1.82, 2.24) is 25.3 Å². The standard InChI is InChI=1S/C18H23N5O/c1-13-8-21-23(11-13)12-14(2)19-9-16-10-20-22-18(16)15-5-4-6-17(7-15)24-3/h4-8,10-11,14,19H,9,12H2,1-3H3,(H,20,22)/t14-/m1/s1. The van der Waals surface area contributed by atoms with E-state index in [2.05, 4.69) is 39.8 Å². The third-order valence-electron chi connectivity index (χ3n) is 3.94. The fourth-order valence-electron chi connectivity index (χ4n) is 2.67. The molecule has 0 fully saturated rings. The largest absolute Gasteiger partial charge is 0.497 e. The molecule has 0 spiro atoms. The number of H-pyrrole nitrogens is 1. The van der Waals surface area contributed by atoms with Crippen LogP contribution in [-0.4, -0.2) is 33.1 Å². The summed E-state index contributed by atoms with van der Waals surface area (Å²) in [5, 5.41) is 15.1. The molecule has 3 rings (SSSR count). The zero-order valence-electron chi connectivity index (χ0n) is 14.3. The summed E-state index contributed by atoms with van der Waals surface area (Å²) in [5.41, 5.74) is 4.40. The second kappa shape index (κ2) is 7.31. The predicted octanol–water partition coefficient (Wildman–Crippen LogP) is 2.77. The van der Waals surface area contributed by atoms with Crippen LogP contribution in [0, 0.1) is 6.92 Å². The van der Waals surface area contributed by atoms with Gasteiger partial charge in [-0.05, 0) is 31.5 Å². The number of nitrogens with one attached hydrogen (secondary N) is 2. The molecule has 0 aliphatic carbocycles. The van der Waals surface area contributed by atoms with E-state index in [9.17, 15) is 0 Å². The highest BCUT2D eigenvalue weighted by atomic mass is 16.5. The van der Waals surface area contributed by atoms with Crippen molar-refractivity contribution in [2.45, 2.75) is 33.0 Å². The molecular weight excluding hydrogens is 302 g/mol. The summed E-state index contributed by atoms with van der Waals surface area (Å²) < 4.78 is 7.26. The molecule has 6 nitrogen and oxygen atoms in total. The Hall–Kier alpha value is -2.60. The van der Waals surface area contributed by atoms with Crippen molar-refractivity contribution >= 4 is 0 Å². The SMILES string of the molecule is COc1cccc(-c2[nH]ncc2CN[C@H](C)Cn2cc(C)cn2)c1. The summed E-state index contributed by atoms with van der Waals surface area (Å²) >= 11 is 0. The third-order valence-corrected chi connectivity index (χ3v) is 3.94. The van der Waals surface area contributed by atoms with Gasteiger partial charge in [-0.15, -0.1) is 0 Å². The molecule has 2 aromatic heterocycles. The molecule has 0 bridgehead atoms. The minimum absolute atomic E-state index is 0.303. The summed E-state index contributed by atoms with van der Waals surface area (Å²) in [5.74, 6) is 0.837. The molecule has 0 radical (unpaired) electrons. The average Bonchev–Trinajstić information content (AvgIpc) is 3.22. The van der Waals surface area contributed by atoms with Crippen LogP contribution in [0.5, 0.6) is 5.75 Å². The lowest BCUT2D eigenvalue weighted by atomic mass is 10.1. The Morgan fingerprint density at radius 1 is 1.33 bits per heavy atom.